The highest BCUT2D eigenvalue weighted by molar-refractivity contribution is 8.89. The molecule has 0 amide bonds. The van der Waals surface area contributed by atoms with E-state index in [9.17, 15) is 9.59 Å². The largest absolute Gasteiger partial charge is 0.466 e. The van der Waals surface area contributed by atoms with Gasteiger partial charge in [0.15, 0.2) is 0 Å². The third-order valence-electron chi connectivity index (χ3n) is 3.25. The van der Waals surface area contributed by atoms with Crippen molar-refractivity contribution in [1.29, 1.82) is 0 Å². The number of ether oxygens (including phenoxy) is 2. The van der Waals surface area contributed by atoms with Gasteiger partial charge < -0.3 is 19.3 Å². The van der Waals surface area contributed by atoms with Crippen molar-refractivity contribution in [2.45, 2.75) is 40.5 Å². The zero-order valence-corrected chi connectivity index (χ0v) is 19.1. The lowest BCUT2D eigenvalue weighted by Crippen LogP contribution is -2.31. The summed E-state index contributed by atoms with van der Waals surface area (Å²) in [5.41, 5.74) is 0. The molecule has 0 aromatic heterocycles. The monoisotopic (exact) mass is 440 g/mol. The van der Waals surface area contributed by atoms with Crippen LogP contribution in [0, 0.1) is 0 Å². The topological polar surface area (TPSA) is 59.1 Å². The molecular formula is C16H28N2O4S4. The van der Waals surface area contributed by atoms with Crippen molar-refractivity contribution in [3.8, 4) is 0 Å². The molecule has 26 heavy (non-hydrogen) atoms. The van der Waals surface area contributed by atoms with Gasteiger partial charge >= 0.3 is 11.9 Å². The number of esters is 2. The Balaban J connectivity index is 4.35. The molecule has 0 saturated carbocycles. The van der Waals surface area contributed by atoms with Crippen LogP contribution in [0.15, 0.2) is 0 Å². The van der Waals surface area contributed by atoms with E-state index in [1.807, 2.05) is 23.6 Å². The Kier molecular flexibility index (Phi) is 15.1. The molecule has 0 aliphatic carbocycles. The second-order valence-corrected chi connectivity index (χ2v) is 8.36. The van der Waals surface area contributed by atoms with Crippen LogP contribution in [0.3, 0.4) is 0 Å². The van der Waals surface area contributed by atoms with E-state index in [2.05, 4.69) is 0 Å². The molecule has 10 heteroatoms. The van der Waals surface area contributed by atoms with Crippen LogP contribution in [-0.4, -0.2) is 69.8 Å². The molecule has 6 nitrogen and oxygen atoms in total. The van der Waals surface area contributed by atoms with E-state index in [4.69, 9.17) is 33.9 Å². The normalized spacial score (nSPS) is 10.2. The van der Waals surface area contributed by atoms with Gasteiger partial charge in [-0.25, -0.2) is 0 Å². The molecule has 0 aromatic carbocycles. The minimum absolute atomic E-state index is 0.224. The Hall–Kier alpha value is -0.580. The quantitative estimate of drug-likeness (QED) is 0.287. The van der Waals surface area contributed by atoms with Crippen LogP contribution >= 0.6 is 46.0 Å². The number of carbonyl (C=O) groups excluding carboxylic acids is 2. The minimum atomic E-state index is -0.224. The van der Waals surface area contributed by atoms with Gasteiger partial charge in [0.05, 0.1) is 26.1 Å². The van der Waals surface area contributed by atoms with Gasteiger partial charge in [-0.15, -0.1) is 0 Å². The Bertz CT molecular complexity index is 435. The first-order chi connectivity index (χ1) is 12.4. The molecule has 0 bridgehead atoms. The highest BCUT2D eigenvalue weighted by atomic mass is 33.1. The van der Waals surface area contributed by atoms with E-state index in [0.29, 0.717) is 60.9 Å². The highest BCUT2D eigenvalue weighted by Crippen LogP contribution is 2.28. The summed E-state index contributed by atoms with van der Waals surface area (Å²) in [6.07, 6.45) is 0.607. The maximum absolute atomic E-state index is 11.5. The fourth-order valence-corrected chi connectivity index (χ4v) is 4.76. The summed E-state index contributed by atoms with van der Waals surface area (Å²) in [7, 11) is 2.79. The molecule has 0 fully saturated rings. The van der Waals surface area contributed by atoms with Crippen molar-refractivity contribution < 1.29 is 19.1 Å². The van der Waals surface area contributed by atoms with Crippen LogP contribution in [0.5, 0.6) is 0 Å². The molecule has 150 valence electrons. The Labute approximate surface area is 175 Å². The van der Waals surface area contributed by atoms with Crippen molar-refractivity contribution >= 4 is 66.6 Å². The lowest BCUT2D eigenvalue weighted by molar-refractivity contribution is -0.144. The van der Waals surface area contributed by atoms with E-state index in [0.717, 1.165) is 0 Å². The Morgan fingerprint density at radius 3 is 1.38 bits per heavy atom. The SMILES string of the molecule is CCOC(=O)CCN(CC)C(=S)SSC(=S)N(CC)CCC(=O)OCC. The molecule has 0 atom stereocenters. The van der Waals surface area contributed by atoms with E-state index >= 15 is 0 Å². The van der Waals surface area contributed by atoms with Crippen molar-refractivity contribution in [1.82, 2.24) is 9.80 Å². The summed E-state index contributed by atoms with van der Waals surface area (Å²) in [6, 6.07) is 0. The predicted molar refractivity (Wildman–Crippen MR) is 117 cm³/mol. The maximum Gasteiger partial charge on any atom is 0.307 e. The first-order valence-corrected chi connectivity index (χ1v) is 11.6. The van der Waals surface area contributed by atoms with Gasteiger partial charge in [-0.2, -0.15) is 0 Å². The van der Waals surface area contributed by atoms with E-state index in [1.165, 1.54) is 21.6 Å². The van der Waals surface area contributed by atoms with Crippen LogP contribution < -0.4 is 0 Å². The number of hydrogen-bond donors (Lipinski definition) is 0. The Morgan fingerprint density at radius 1 is 0.769 bits per heavy atom. The van der Waals surface area contributed by atoms with Crippen molar-refractivity contribution in [2.75, 3.05) is 39.4 Å². The van der Waals surface area contributed by atoms with Gasteiger partial charge in [0.2, 0.25) is 0 Å². The number of rotatable bonds is 10. The summed E-state index contributed by atoms with van der Waals surface area (Å²) < 4.78 is 11.2. The van der Waals surface area contributed by atoms with Gasteiger partial charge in [-0.05, 0) is 49.3 Å². The zero-order chi connectivity index (χ0) is 19.9. The molecule has 0 spiro atoms. The second kappa shape index (κ2) is 15.5. The Morgan fingerprint density at radius 2 is 1.12 bits per heavy atom. The average Bonchev–Trinajstić information content (AvgIpc) is 2.61. The lowest BCUT2D eigenvalue weighted by Gasteiger charge is -2.25. The third-order valence-corrected chi connectivity index (χ3v) is 6.98. The highest BCUT2D eigenvalue weighted by Gasteiger charge is 2.16. The first kappa shape index (κ1) is 25.4. The molecule has 0 rings (SSSR count). The number of carbonyl (C=O) groups is 2. The van der Waals surface area contributed by atoms with Gasteiger partial charge in [-0.3, -0.25) is 9.59 Å². The van der Waals surface area contributed by atoms with Crippen molar-refractivity contribution in [2.24, 2.45) is 0 Å². The summed E-state index contributed by atoms with van der Waals surface area (Å²) >= 11 is 10.9. The summed E-state index contributed by atoms with van der Waals surface area (Å²) in [4.78, 5) is 26.9. The molecule has 0 radical (unpaired) electrons. The standard InChI is InChI=1S/C16H28N2O4S4/c1-5-17(11-9-13(19)21-7-3)15(23)25-26-16(24)18(6-2)12-10-14(20)22-8-4/h5-12H2,1-4H3. The summed E-state index contributed by atoms with van der Waals surface area (Å²) in [5, 5.41) is 0. The summed E-state index contributed by atoms with van der Waals surface area (Å²) in [6.45, 7) is 10.8. The van der Waals surface area contributed by atoms with E-state index < -0.39 is 0 Å². The molecule has 0 unspecified atom stereocenters. The fraction of sp³-hybridized carbons (Fsp3) is 0.750. The molecule has 0 aromatic rings. The lowest BCUT2D eigenvalue weighted by atomic mass is 10.4. The fourth-order valence-electron chi connectivity index (χ4n) is 1.85. The number of nitrogens with zero attached hydrogens (tertiary/aromatic N) is 2. The minimum Gasteiger partial charge on any atom is -0.466 e. The van der Waals surface area contributed by atoms with Gasteiger partial charge in [0, 0.05) is 26.2 Å². The van der Waals surface area contributed by atoms with Crippen molar-refractivity contribution in [3.63, 3.8) is 0 Å². The van der Waals surface area contributed by atoms with Crippen molar-refractivity contribution in [3.05, 3.63) is 0 Å². The van der Waals surface area contributed by atoms with Crippen LogP contribution in [0.1, 0.15) is 40.5 Å². The molecule has 0 N–H and O–H groups in total. The zero-order valence-electron chi connectivity index (χ0n) is 15.8. The van der Waals surface area contributed by atoms with Crippen LogP contribution in [0.4, 0.5) is 0 Å². The van der Waals surface area contributed by atoms with Gasteiger partial charge in [0.25, 0.3) is 0 Å². The maximum atomic E-state index is 11.5. The summed E-state index contributed by atoms with van der Waals surface area (Å²) in [5.74, 6) is -0.448. The van der Waals surface area contributed by atoms with Crippen LogP contribution in [0.25, 0.3) is 0 Å². The smallest absolute Gasteiger partial charge is 0.307 e. The molecular weight excluding hydrogens is 412 g/mol. The van der Waals surface area contributed by atoms with Gasteiger partial charge in [0.1, 0.15) is 8.64 Å². The van der Waals surface area contributed by atoms with Crippen LogP contribution in [0.2, 0.25) is 0 Å². The molecule has 0 aliphatic heterocycles. The third kappa shape index (κ3) is 11.2. The van der Waals surface area contributed by atoms with Gasteiger partial charge in [-0.1, -0.05) is 24.4 Å². The molecule has 0 aliphatic rings. The predicted octanol–water partition coefficient (Wildman–Crippen LogP) is 3.49. The first-order valence-electron chi connectivity index (χ1n) is 8.62. The van der Waals surface area contributed by atoms with Crippen LogP contribution in [-0.2, 0) is 19.1 Å². The average molecular weight is 441 g/mol. The number of hydrogen-bond acceptors (Lipinski definition) is 8. The molecule has 0 saturated heterocycles. The number of thiocarbonyl (C=S) groups is 2. The van der Waals surface area contributed by atoms with E-state index in [-0.39, 0.29) is 11.9 Å². The second-order valence-electron chi connectivity index (χ2n) is 4.97. The van der Waals surface area contributed by atoms with E-state index in [1.54, 1.807) is 13.8 Å². The molecule has 0 heterocycles.